The summed E-state index contributed by atoms with van der Waals surface area (Å²) in [4.78, 5) is 12.8. The molecule has 1 amide bonds. The first-order valence-electron chi connectivity index (χ1n) is 9.85. The molecule has 0 saturated carbocycles. The minimum absolute atomic E-state index is 0.290. The maximum atomic E-state index is 12.8. The van der Waals surface area contributed by atoms with Crippen molar-refractivity contribution in [1.82, 2.24) is 10.2 Å². The molecule has 0 spiro atoms. The maximum Gasteiger partial charge on any atom is 0.261 e. The maximum absolute atomic E-state index is 12.8. The van der Waals surface area contributed by atoms with Crippen molar-refractivity contribution in [3.63, 3.8) is 0 Å². The van der Waals surface area contributed by atoms with Crippen LogP contribution in [0.25, 0.3) is 0 Å². The van der Waals surface area contributed by atoms with E-state index in [4.69, 9.17) is 9.47 Å². The minimum Gasteiger partial charge on any atom is -0.490 e. The first-order valence-corrected chi connectivity index (χ1v) is 10.7. The van der Waals surface area contributed by atoms with Crippen molar-refractivity contribution in [2.45, 2.75) is 6.42 Å². The first-order chi connectivity index (χ1) is 15.3. The van der Waals surface area contributed by atoms with Gasteiger partial charge in [0, 0.05) is 6.42 Å². The molecule has 0 aliphatic rings. The molecule has 1 aromatic heterocycles. The number of carbonyl (C=O) groups excluding carboxylic acids is 1. The second-order valence-corrected chi connectivity index (χ2v) is 7.69. The van der Waals surface area contributed by atoms with Crippen molar-refractivity contribution >= 4 is 22.4 Å². The van der Waals surface area contributed by atoms with Crippen LogP contribution >= 0.6 is 11.3 Å². The van der Waals surface area contributed by atoms with Crippen molar-refractivity contribution in [1.29, 1.82) is 0 Å². The van der Waals surface area contributed by atoms with Crippen LogP contribution < -0.4 is 14.8 Å². The largest absolute Gasteiger partial charge is 0.490 e. The predicted octanol–water partition coefficient (Wildman–Crippen LogP) is 4.84. The third-order valence-corrected chi connectivity index (χ3v) is 5.21. The van der Waals surface area contributed by atoms with Crippen LogP contribution in [0.1, 0.15) is 20.9 Å². The van der Waals surface area contributed by atoms with Crippen LogP contribution in [0.2, 0.25) is 0 Å². The van der Waals surface area contributed by atoms with E-state index in [0.717, 1.165) is 16.3 Å². The number of hydrogen-bond acceptors (Lipinski definition) is 6. The van der Waals surface area contributed by atoms with Crippen molar-refractivity contribution in [2.75, 3.05) is 18.5 Å². The molecule has 0 fully saturated rings. The van der Waals surface area contributed by atoms with Crippen LogP contribution in [-0.4, -0.2) is 29.3 Å². The van der Waals surface area contributed by atoms with Crippen LogP contribution in [0.4, 0.5) is 5.13 Å². The topological polar surface area (TPSA) is 73.3 Å². The third-order valence-electron chi connectivity index (χ3n) is 4.37. The van der Waals surface area contributed by atoms with E-state index < -0.39 is 0 Å². The Morgan fingerprint density at radius 1 is 0.806 bits per heavy atom. The number of carbonyl (C=O) groups is 1. The van der Waals surface area contributed by atoms with Gasteiger partial charge in [-0.05, 0) is 29.8 Å². The molecule has 0 aliphatic carbocycles. The molecule has 0 saturated heterocycles. The Morgan fingerprint density at radius 3 is 2.29 bits per heavy atom. The van der Waals surface area contributed by atoms with Gasteiger partial charge in [-0.15, -0.1) is 10.2 Å². The van der Waals surface area contributed by atoms with Crippen LogP contribution in [0.3, 0.4) is 0 Å². The van der Waals surface area contributed by atoms with Gasteiger partial charge in [0.05, 0.1) is 5.56 Å². The Kier molecular flexibility index (Phi) is 6.87. The molecule has 4 rings (SSSR count). The number of nitrogens with zero attached hydrogens (tertiary/aromatic N) is 2. The van der Waals surface area contributed by atoms with Gasteiger partial charge < -0.3 is 9.47 Å². The van der Waals surface area contributed by atoms with E-state index in [2.05, 4.69) is 15.5 Å². The van der Waals surface area contributed by atoms with Gasteiger partial charge in [0.2, 0.25) is 5.13 Å². The van der Waals surface area contributed by atoms with E-state index in [1.165, 1.54) is 11.3 Å². The number of benzene rings is 3. The second kappa shape index (κ2) is 10.4. The fourth-order valence-electron chi connectivity index (χ4n) is 2.92. The predicted molar refractivity (Wildman–Crippen MR) is 121 cm³/mol. The number of para-hydroxylation sites is 2. The van der Waals surface area contributed by atoms with Gasteiger partial charge in [0.15, 0.2) is 0 Å². The van der Waals surface area contributed by atoms with Gasteiger partial charge in [-0.2, -0.15) is 0 Å². The average molecular weight is 432 g/mol. The molecule has 0 bridgehead atoms. The second-order valence-electron chi connectivity index (χ2n) is 6.62. The summed E-state index contributed by atoms with van der Waals surface area (Å²) in [6.07, 6.45) is 0.676. The summed E-state index contributed by atoms with van der Waals surface area (Å²) >= 11 is 1.36. The molecule has 0 radical (unpaired) electrons. The number of amides is 1. The number of aromatic nitrogens is 2. The monoisotopic (exact) mass is 431 g/mol. The van der Waals surface area contributed by atoms with E-state index in [1.54, 1.807) is 18.2 Å². The average Bonchev–Trinajstić information content (AvgIpc) is 3.25. The van der Waals surface area contributed by atoms with Crippen LogP contribution in [-0.2, 0) is 6.42 Å². The highest BCUT2D eigenvalue weighted by Crippen LogP contribution is 2.22. The zero-order chi connectivity index (χ0) is 21.3. The van der Waals surface area contributed by atoms with Gasteiger partial charge in [0.25, 0.3) is 5.91 Å². The molecular weight excluding hydrogens is 410 g/mol. The molecule has 0 aliphatic heterocycles. The number of anilines is 1. The van der Waals surface area contributed by atoms with E-state index in [-0.39, 0.29) is 5.91 Å². The molecule has 31 heavy (non-hydrogen) atoms. The Morgan fingerprint density at radius 2 is 1.48 bits per heavy atom. The zero-order valence-electron chi connectivity index (χ0n) is 16.7. The quantitative estimate of drug-likeness (QED) is 0.384. The van der Waals surface area contributed by atoms with Crippen LogP contribution in [0, 0.1) is 0 Å². The Hall–Kier alpha value is -3.71. The summed E-state index contributed by atoms with van der Waals surface area (Å²) in [7, 11) is 0. The highest BCUT2D eigenvalue weighted by Gasteiger charge is 2.15. The summed E-state index contributed by atoms with van der Waals surface area (Å²) in [6, 6.07) is 26.6. The van der Waals surface area contributed by atoms with Gasteiger partial charge in [0.1, 0.15) is 29.7 Å². The third kappa shape index (κ3) is 5.90. The van der Waals surface area contributed by atoms with E-state index in [1.807, 2.05) is 66.7 Å². The molecule has 0 unspecified atom stereocenters. The lowest BCUT2D eigenvalue weighted by molar-refractivity contribution is 0.102. The summed E-state index contributed by atoms with van der Waals surface area (Å²) < 4.78 is 11.4. The highest BCUT2D eigenvalue weighted by atomic mass is 32.1. The smallest absolute Gasteiger partial charge is 0.261 e. The van der Waals surface area contributed by atoms with Crippen LogP contribution in [0.5, 0.6) is 11.5 Å². The normalized spacial score (nSPS) is 10.5. The summed E-state index contributed by atoms with van der Waals surface area (Å²) in [5.41, 5.74) is 1.58. The van der Waals surface area contributed by atoms with Crippen LogP contribution in [0.15, 0.2) is 84.9 Å². The molecule has 6 nitrogen and oxygen atoms in total. The lowest BCUT2D eigenvalue weighted by Crippen LogP contribution is -2.15. The zero-order valence-corrected chi connectivity index (χ0v) is 17.5. The summed E-state index contributed by atoms with van der Waals surface area (Å²) in [6.45, 7) is 0.693. The fraction of sp³-hybridized carbons (Fsp3) is 0.125. The molecule has 0 atom stereocenters. The molecule has 1 heterocycles. The lowest BCUT2D eigenvalue weighted by atomic mass is 10.2. The van der Waals surface area contributed by atoms with Crippen molar-refractivity contribution < 1.29 is 14.3 Å². The molecule has 7 heteroatoms. The number of nitrogens with one attached hydrogen (secondary N) is 1. The van der Waals surface area contributed by atoms with Gasteiger partial charge in [-0.3, -0.25) is 10.1 Å². The summed E-state index contributed by atoms with van der Waals surface area (Å²) in [5, 5.41) is 12.4. The first kappa shape index (κ1) is 20.6. The van der Waals surface area contributed by atoms with Gasteiger partial charge >= 0.3 is 0 Å². The lowest BCUT2D eigenvalue weighted by Gasteiger charge is -2.11. The minimum atomic E-state index is -0.290. The van der Waals surface area contributed by atoms with Gasteiger partial charge in [-0.25, -0.2) is 0 Å². The number of ether oxygens (including phenoxy) is 2. The van der Waals surface area contributed by atoms with Crippen molar-refractivity contribution in [2.24, 2.45) is 0 Å². The Bertz CT molecular complexity index is 1120. The number of rotatable bonds is 9. The molecule has 1 N–H and O–H groups in total. The van der Waals surface area contributed by atoms with Crippen molar-refractivity contribution in [3.05, 3.63) is 101 Å². The van der Waals surface area contributed by atoms with Gasteiger partial charge in [-0.1, -0.05) is 72.0 Å². The Balaban J connectivity index is 1.33. The fourth-order valence-corrected chi connectivity index (χ4v) is 3.69. The van der Waals surface area contributed by atoms with E-state index in [9.17, 15) is 4.79 Å². The van der Waals surface area contributed by atoms with Crippen molar-refractivity contribution in [3.8, 4) is 11.5 Å². The molecule has 3 aromatic carbocycles. The summed E-state index contributed by atoms with van der Waals surface area (Å²) in [5.74, 6) is 0.979. The van der Waals surface area contributed by atoms with E-state index >= 15 is 0 Å². The molecule has 4 aromatic rings. The standard InChI is InChI=1S/C24H21N3O3S/c28-23(25-24-27-26-22(31-24)17-18-9-3-1-4-10-18)20-13-7-8-14-21(20)30-16-15-29-19-11-5-2-6-12-19/h1-14H,15-17H2,(H,25,27,28). The highest BCUT2D eigenvalue weighted by molar-refractivity contribution is 7.15. The SMILES string of the molecule is O=C(Nc1nnc(Cc2ccccc2)s1)c1ccccc1OCCOc1ccccc1. The molecular formula is C24H21N3O3S. The molecule has 156 valence electrons. The van der Waals surface area contributed by atoms with E-state index in [0.29, 0.717) is 36.1 Å². The Labute approximate surface area is 184 Å². The number of hydrogen-bond donors (Lipinski definition) is 1.